The summed E-state index contributed by atoms with van der Waals surface area (Å²) < 4.78 is 0. The van der Waals surface area contributed by atoms with Crippen LogP contribution in [0.15, 0.2) is 140 Å². The number of hydrogen-bond donors (Lipinski definition) is 0. The summed E-state index contributed by atoms with van der Waals surface area (Å²) in [5.74, 6) is -0.0122. The van der Waals surface area contributed by atoms with Crippen LogP contribution < -0.4 is 0 Å². The number of carbonyl (C=O) groups excluding carboxylic acids is 1. The van der Waals surface area contributed by atoms with Gasteiger partial charge in [0, 0.05) is 5.56 Å². The average molecular weight is 427 g/mol. The Hall–Kier alpha value is -4.23. The van der Waals surface area contributed by atoms with Crippen molar-refractivity contribution < 1.29 is 4.79 Å². The van der Waals surface area contributed by atoms with Gasteiger partial charge >= 0.3 is 0 Å². The molecule has 0 spiro atoms. The summed E-state index contributed by atoms with van der Waals surface area (Å²) in [6.45, 7) is 2.12. The molecule has 4 rings (SSSR count). The first-order chi connectivity index (χ1) is 16.2. The molecule has 0 radical (unpaired) electrons. The zero-order valence-corrected chi connectivity index (χ0v) is 18.7. The number of ketones is 1. The largest absolute Gasteiger partial charge is 0.289 e. The molecule has 0 fully saturated rings. The molecule has 1 nitrogen and oxygen atoms in total. The highest BCUT2D eigenvalue weighted by atomic mass is 16.1. The van der Waals surface area contributed by atoms with Crippen LogP contribution in [0.1, 0.15) is 34.0 Å². The first-order valence-corrected chi connectivity index (χ1v) is 11.1. The Balaban J connectivity index is 1.85. The van der Waals surface area contributed by atoms with Crippen molar-refractivity contribution in [3.63, 3.8) is 0 Å². The lowest BCUT2D eigenvalue weighted by Crippen LogP contribution is -1.96. The molecule has 160 valence electrons. The molecule has 0 amide bonds. The van der Waals surface area contributed by atoms with Crippen molar-refractivity contribution in [2.24, 2.45) is 0 Å². The summed E-state index contributed by atoms with van der Waals surface area (Å²) in [5.41, 5.74) is 7.03. The van der Waals surface area contributed by atoms with Gasteiger partial charge in [-0.1, -0.05) is 127 Å². The molecule has 0 atom stereocenters. The van der Waals surface area contributed by atoms with Crippen molar-refractivity contribution >= 4 is 22.5 Å². The molecule has 4 aromatic carbocycles. The lowest BCUT2D eigenvalue weighted by atomic mass is 9.94. The number of benzene rings is 4. The van der Waals surface area contributed by atoms with Gasteiger partial charge in [-0.2, -0.15) is 0 Å². The molecule has 1 heteroatoms. The van der Waals surface area contributed by atoms with Crippen LogP contribution >= 0.6 is 0 Å². The lowest BCUT2D eigenvalue weighted by Gasteiger charge is -2.10. The number of rotatable bonds is 7. The molecule has 0 heterocycles. The van der Waals surface area contributed by atoms with Gasteiger partial charge in [-0.25, -0.2) is 0 Å². The third kappa shape index (κ3) is 5.93. The highest BCUT2D eigenvalue weighted by Gasteiger charge is 2.08. The van der Waals surface area contributed by atoms with Crippen LogP contribution in [0.4, 0.5) is 0 Å². The maximum Gasteiger partial charge on any atom is 0.186 e. The number of hydrogen-bond acceptors (Lipinski definition) is 1. The Kier molecular flexibility index (Phi) is 7.25. The van der Waals surface area contributed by atoms with E-state index in [0.29, 0.717) is 5.56 Å². The van der Waals surface area contributed by atoms with E-state index >= 15 is 0 Å². The molecule has 0 saturated carbocycles. The Labute approximate surface area is 196 Å². The van der Waals surface area contributed by atoms with Crippen molar-refractivity contribution in [3.8, 4) is 0 Å². The summed E-state index contributed by atoms with van der Waals surface area (Å²) in [4.78, 5) is 13.1. The zero-order valence-electron chi connectivity index (χ0n) is 18.7. The second-order valence-electron chi connectivity index (χ2n) is 7.86. The van der Waals surface area contributed by atoms with Gasteiger partial charge < -0.3 is 0 Å². The second-order valence-corrected chi connectivity index (χ2v) is 7.86. The molecule has 0 aliphatic heterocycles. The van der Waals surface area contributed by atoms with Gasteiger partial charge in [0.15, 0.2) is 5.78 Å². The van der Waals surface area contributed by atoms with Gasteiger partial charge in [0.1, 0.15) is 0 Å². The van der Waals surface area contributed by atoms with Crippen LogP contribution in [0, 0.1) is 0 Å². The predicted molar refractivity (Wildman–Crippen MR) is 140 cm³/mol. The van der Waals surface area contributed by atoms with Gasteiger partial charge in [0.2, 0.25) is 0 Å². The van der Waals surface area contributed by atoms with E-state index in [1.54, 1.807) is 6.08 Å². The molecule has 0 aliphatic carbocycles. The molecule has 4 aromatic rings. The molecular weight excluding hydrogens is 400 g/mol. The van der Waals surface area contributed by atoms with Crippen molar-refractivity contribution in [1.82, 2.24) is 0 Å². The maximum absolute atomic E-state index is 13.1. The highest BCUT2D eigenvalue weighted by molar-refractivity contribution is 6.10. The van der Waals surface area contributed by atoms with Crippen LogP contribution in [-0.2, 0) is 0 Å². The lowest BCUT2D eigenvalue weighted by molar-refractivity contribution is 0.104. The van der Waals surface area contributed by atoms with Crippen molar-refractivity contribution in [2.45, 2.75) is 6.92 Å². The fourth-order valence-electron chi connectivity index (χ4n) is 3.69. The fourth-order valence-corrected chi connectivity index (χ4v) is 3.69. The molecular formula is C32H26O. The van der Waals surface area contributed by atoms with Gasteiger partial charge in [-0.3, -0.25) is 4.79 Å². The van der Waals surface area contributed by atoms with Crippen molar-refractivity contribution in [2.75, 3.05) is 0 Å². The van der Waals surface area contributed by atoms with E-state index in [4.69, 9.17) is 0 Å². The minimum absolute atomic E-state index is 0.0122. The van der Waals surface area contributed by atoms with E-state index < -0.39 is 0 Å². The van der Waals surface area contributed by atoms with Crippen LogP contribution in [0.25, 0.3) is 16.7 Å². The summed E-state index contributed by atoms with van der Waals surface area (Å²) in [7, 11) is 0. The molecule has 0 aromatic heterocycles. The quantitative estimate of drug-likeness (QED) is 0.166. The molecule has 0 aliphatic rings. The van der Waals surface area contributed by atoms with Gasteiger partial charge in [-0.15, -0.1) is 0 Å². The third-order valence-corrected chi connectivity index (χ3v) is 5.47. The Morgan fingerprint density at radius 1 is 0.455 bits per heavy atom. The van der Waals surface area contributed by atoms with Crippen LogP contribution in [-0.4, -0.2) is 5.78 Å². The highest BCUT2D eigenvalue weighted by Crippen LogP contribution is 2.27. The maximum atomic E-state index is 13.1. The fraction of sp³-hybridized carbons (Fsp3) is 0.0312. The van der Waals surface area contributed by atoms with Crippen molar-refractivity contribution in [3.05, 3.63) is 162 Å². The van der Waals surface area contributed by atoms with E-state index in [0.717, 1.165) is 27.8 Å². The van der Waals surface area contributed by atoms with Crippen LogP contribution in [0.5, 0.6) is 0 Å². The summed E-state index contributed by atoms with van der Waals surface area (Å²) >= 11 is 0. The monoisotopic (exact) mass is 426 g/mol. The molecule has 0 bridgehead atoms. The average Bonchev–Trinajstić information content (AvgIpc) is 2.89. The molecule has 0 N–H and O–H groups in total. The standard InChI is InChI=1S/C32H26O/c1-25(26-14-6-2-7-15-26)22-30(27-16-8-3-9-17-27)23-31(28-18-10-4-11-19-28)24-32(33)29-20-12-5-13-21-29/h2-24H,1H3. The normalized spacial score (nSPS) is 12.5. The smallest absolute Gasteiger partial charge is 0.186 e. The SMILES string of the molecule is CC(=CC(=CC(=CC(=O)c1ccccc1)c1ccccc1)c1ccccc1)c1ccccc1. The Bertz CT molecular complexity index is 1280. The Morgan fingerprint density at radius 3 is 1.27 bits per heavy atom. The van der Waals surface area contributed by atoms with E-state index in [-0.39, 0.29) is 5.78 Å². The predicted octanol–water partition coefficient (Wildman–Crippen LogP) is 8.14. The summed E-state index contributed by atoms with van der Waals surface area (Å²) in [6, 6.07) is 40.1. The van der Waals surface area contributed by atoms with Gasteiger partial charge in [-0.05, 0) is 52.5 Å². The van der Waals surface area contributed by atoms with Gasteiger partial charge in [0.05, 0.1) is 0 Å². The van der Waals surface area contributed by atoms with E-state index in [1.165, 1.54) is 5.56 Å². The van der Waals surface area contributed by atoms with Gasteiger partial charge in [0.25, 0.3) is 0 Å². The Morgan fingerprint density at radius 2 is 0.818 bits per heavy atom. The molecule has 0 unspecified atom stereocenters. The summed E-state index contributed by atoms with van der Waals surface area (Å²) in [6.07, 6.45) is 6.03. The van der Waals surface area contributed by atoms with Crippen molar-refractivity contribution in [1.29, 1.82) is 0 Å². The molecule has 0 saturated heterocycles. The summed E-state index contributed by atoms with van der Waals surface area (Å²) in [5, 5.41) is 0. The first kappa shape index (κ1) is 22.0. The molecule has 33 heavy (non-hydrogen) atoms. The van der Waals surface area contributed by atoms with Crippen LogP contribution in [0.2, 0.25) is 0 Å². The number of allylic oxidation sites excluding steroid dienone is 6. The topological polar surface area (TPSA) is 17.1 Å². The van der Waals surface area contributed by atoms with E-state index in [1.807, 2.05) is 97.1 Å². The van der Waals surface area contributed by atoms with E-state index in [9.17, 15) is 4.79 Å². The van der Waals surface area contributed by atoms with Crippen LogP contribution in [0.3, 0.4) is 0 Å². The zero-order chi connectivity index (χ0) is 22.9. The first-order valence-electron chi connectivity index (χ1n) is 11.1. The minimum atomic E-state index is -0.0122. The number of carbonyl (C=O) groups is 1. The minimum Gasteiger partial charge on any atom is -0.289 e. The second kappa shape index (κ2) is 10.9. The van der Waals surface area contributed by atoms with E-state index in [2.05, 4.69) is 43.3 Å². The third-order valence-electron chi connectivity index (χ3n) is 5.47.